The van der Waals surface area contributed by atoms with Gasteiger partial charge in [0.2, 0.25) is 5.91 Å². The van der Waals surface area contributed by atoms with Crippen LogP contribution >= 0.6 is 0 Å². The van der Waals surface area contributed by atoms with Gasteiger partial charge in [-0.15, -0.1) is 0 Å². The molecule has 20 heavy (non-hydrogen) atoms. The molecule has 1 heterocycles. The average Bonchev–Trinajstić information content (AvgIpc) is 2.48. The van der Waals surface area contributed by atoms with Crippen LogP contribution in [0.4, 0.5) is 4.39 Å². The van der Waals surface area contributed by atoms with Crippen LogP contribution in [0.1, 0.15) is 18.1 Å². The zero-order valence-electron chi connectivity index (χ0n) is 11.3. The second kappa shape index (κ2) is 6.80. The summed E-state index contributed by atoms with van der Waals surface area (Å²) in [7, 11) is 0. The van der Waals surface area contributed by atoms with E-state index >= 15 is 0 Å². The second-order valence-electron chi connectivity index (χ2n) is 4.80. The van der Waals surface area contributed by atoms with E-state index in [9.17, 15) is 9.18 Å². The molecule has 104 valence electrons. The van der Waals surface area contributed by atoms with Gasteiger partial charge in [-0.2, -0.15) is 0 Å². The van der Waals surface area contributed by atoms with Crippen LogP contribution in [0.3, 0.4) is 0 Å². The number of carbonyl (C=O) groups excluding carboxylic acids is 1. The Morgan fingerprint density at radius 2 is 1.80 bits per heavy atom. The number of amides is 1. The first kappa shape index (κ1) is 14.2. The summed E-state index contributed by atoms with van der Waals surface area (Å²) in [6.07, 6.45) is 4.00. The smallest absolute Gasteiger partial charge is 0.223 e. The quantitative estimate of drug-likeness (QED) is 0.909. The third kappa shape index (κ3) is 4.16. The minimum Gasteiger partial charge on any atom is -0.352 e. The van der Waals surface area contributed by atoms with Gasteiger partial charge in [0.25, 0.3) is 0 Å². The molecule has 1 N–H and O–H groups in total. The van der Waals surface area contributed by atoms with Crippen molar-refractivity contribution in [1.29, 1.82) is 0 Å². The highest BCUT2D eigenvalue weighted by molar-refractivity contribution is 5.78. The Hall–Kier alpha value is -2.23. The molecule has 2 rings (SSSR count). The number of hydrogen-bond donors (Lipinski definition) is 1. The fourth-order valence-corrected chi connectivity index (χ4v) is 1.93. The lowest BCUT2D eigenvalue weighted by molar-refractivity contribution is -0.124. The average molecular weight is 272 g/mol. The number of pyridine rings is 1. The predicted molar refractivity (Wildman–Crippen MR) is 75.4 cm³/mol. The zero-order chi connectivity index (χ0) is 14.4. The molecule has 0 bridgehead atoms. The third-order valence-corrected chi connectivity index (χ3v) is 3.12. The molecule has 0 aliphatic carbocycles. The number of rotatable bonds is 5. The molecule has 1 aromatic heterocycles. The van der Waals surface area contributed by atoms with Crippen LogP contribution in [0.25, 0.3) is 0 Å². The number of halogens is 1. The number of hydrogen-bond acceptors (Lipinski definition) is 2. The number of nitrogens with zero attached hydrogens (tertiary/aromatic N) is 1. The van der Waals surface area contributed by atoms with Crippen molar-refractivity contribution in [2.45, 2.75) is 19.9 Å². The van der Waals surface area contributed by atoms with Gasteiger partial charge in [-0.3, -0.25) is 9.78 Å². The van der Waals surface area contributed by atoms with E-state index in [0.29, 0.717) is 13.0 Å². The van der Waals surface area contributed by atoms with Crippen molar-refractivity contribution >= 4 is 5.91 Å². The molecule has 0 spiro atoms. The van der Waals surface area contributed by atoms with Crippen molar-refractivity contribution in [1.82, 2.24) is 10.3 Å². The molecular weight excluding hydrogens is 255 g/mol. The normalized spacial score (nSPS) is 11.9. The van der Waals surface area contributed by atoms with Gasteiger partial charge in [-0.05, 0) is 41.8 Å². The van der Waals surface area contributed by atoms with E-state index in [0.717, 1.165) is 11.1 Å². The molecule has 1 atom stereocenters. The lowest BCUT2D eigenvalue weighted by Gasteiger charge is -2.12. The monoisotopic (exact) mass is 272 g/mol. The first-order chi connectivity index (χ1) is 9.65. The molecule has 1 amide bonds. The topological polar surface area (TPSA) is 42.0 Å². The van der Waals surface area contributed by atoms with E-state index < -0.39 is 0 Å². The van der Waals surface area contributed by atoms with Crippen molar-refractivity contribution in [3.63, 3.8) is 0 Å². The van der Waals surface area contributed by atoms with E-state index in [1.165, 1.54) is 12.1 Å². The van der Waals surface area contributed by atoms with Crippen molar-refractivity contribution in [3.8, 4) is 0 Å². The Morgan fingerprint density at radius 3 is 2.45 bits per heavy atom. The van der Waals surface area contributed by atoms with Gasteiger partial charge in [0.05, 0.1) is 0 Å². The van der Waals surface area contributed by atoms with Crippen LogP contribution < -0.4 is 5.32 Å². The van der Waals surface area contributed by atoms with Gasteiger partial charge < -0.3 is 5.32 Å². The number of nitrogens with one attached hydrogen (secondary N) is 1. The van der Waals surface area contributed by atoms with Crippen molar-refractivity contribution in [2.75, 3.05) is 0 Å². The maximum Gasteiger partial charge on any atom is 0.223 e. The zero-order valence-corrected chi connectivity index (χ0v) is 11.3. The van der Waals surface area contributed by atoms with Gasteiger partial charge in [-0.25, -0.2) is 4.39 Å². The highest BCUT2D eigenvalue weighted by atomic mass is 19.1. The Balaban J connectivity index is 1.84. The summed E-state index contributed by atoms with van der Waals surface area (Å²) in [4.78, 5) is 15.9. The van der Waals surface area contributed by atoms with Crippen molar-refractivity contribution in [3.05, 3.63) is 65.7 Å². The summed E-state index contributed by atoms with van der Waals surface area (Å²) < 4.78 is 12.8. The molecule has 2 aromatic rings. The van der Waals surface area contributed by atoms with Gasteiger partial charge >= 0.3 is 0 Å². The van der Waals surface area contributed by atoms with E-state index in [-0.39, 0.29) is 17.6 Å². The molecule has 3 nitrogen and oxygen atoms in total. The predicted octanol–water partition coefficient (Wildman–Crippen LogP) is 2.72. The lowest BCUT2D eigenvalue weighted by atomic mass is 10.0. The van der Waals surface area contributed by atoms with E-state index in [1.807, 2.05) is 19.1 Å². The molecule has 4 heteroatoms. The molecule has 0 fully saturated rings. The molecule has 0 radical (unpaired) electrons. The van der Waals surface area contributed by atoms with E-state index in [2.05, 4.69) is 10.3 Å². The van der Waals surface area contributed by atoms with Crippen molar-refractivity contribution < 1.29 is 9.18 Å². The SMILES string of the molecule is CC(Cc1ccc(F)cc1)C(=O)NCc1ccncc1. The van der Waals surface area contributed by atoms with Crippen molar-refractivity contribution in [2.24, 2.45) is 5.92 Å². The fraction of sp³-hybridized carbons (Fsp3) is 0.250. The van der Waals surface area contributed by atoms with Gasteiger partial charge in [0.1, 0.15) is 5.82 Å². The van der Waals surface area contributed by atoms with Crippen LogP contribution in [-0.2, 0) is 17.8 Å². The van der Waals surface area contributed by atoms with Gasteiger partial charge in [-0.1, -0.05) is 19.1 Å². The minimum absolute atomic E-state index is 0.00821. The highest BCUT2D eigenvalue weighted by Gasteiger charge is 2.13. The Morgan fingerprint density at radius 1 is 1.15 bits per heavy atom. The number of benzene rings is 1. The van der Waals surface area contributed by atoms with E-state index in [4.69, 9.17) is 0 Å². The van der Waals surface area contributed by atoms with Crippen LogP contribution in [-0.4, -0.2) is 10.9 Å². The molecule has 0 saturated carbocycles. The molecule has 1 aromatic carbocycles. The highest BCUT2D eigenvalue weighted by Crippen LogP contribution is 2.10. The first-order valence-corrected chi connectivity index (χ1v) is 6.56. The van der Waals surface area contributed by atoms with Crippen LogP contribution in [0.2, 0.25) is 0 Å². The maximum absolute atomic E-state index is 12.8. The summed E-state index contributed by atoms with van der Waals surface area (Å²) in [6, 6.07) is 9.98. The summed E-state index contributed by atoms with van der Waals surface area (Å²) in [5, 5.41) is 2.89. The summed E-state index contributed by atoms with van der Waals surface area (Å²) >= 11 is 0. The summed E-state index contributed by atoms with van der Waals surface area (Å²) in [5.41, 5.74) is 1.97. The Kier molecular flexibility index (Phi) is 4.82. The largest absolute Gasteiger partial charge is 0.352 e. The molecule has 0 aliphatic rings. The summed E-state index contributed by atoms with van der Waals surface area (Å²) in [6.45, 7) is 2.36. The van der Waals surface area contributed by atoms with Gasteiger partial charge in [0.15, 0.2) is 0 Å². The van der Waals surface area contributed by atoms with Gasteiger partial charge in [0, 0.05) is 24.9 Å². The Bertz CT molecular complexity index is 554. The minimum atomic E-state index is -0.261. The fourth-order valence-electron chi connectivity index (χ4n) is 1.93. The molecular formula is C16H17FN2O. The van der Waals surface area contributed by atoms with Crippen LogP contribution in [0.5, 0.6) is 0 Å². The summed E-state index contributed by atoms with van der Waals surface area (Å²) in [5.74, 6) is -0.419. The van der Waals surface area contributed by atoms with E-state index in [1.54, 1.807) is 24.5 Å². The number of carbonyl (C=O) groups is 1. The molecule has 1 unspecified atom stereocenters. The molecule has 0 saturated heterocycles. The Labute approximate surface area is 117 Å². The first-order valence-electron chi connectivity index (χ1n) is 6.56. The maximum atomic E-state index is 12.8. The second-order valence-corrected chi connectivity index (χ2v) is 4.80. The number of aromatic nitrogens is 1. The van der Waals surface area contributed by atoms with Crippen LogP contribution in [0.15, 0.2) is 48.8 Å². The lowest BCUT2D eigenvalue weighted by Crippen LogP contribution is -2.29. The standard InChI is InChI=1S/C16H17FN2O/c1-12(10-13-2-4-15(17)5-3-13)16(20)19-11-14-6-8-18-9-7-14/h2-9,12H,10-11H2,1H3,(H,19,20). The molecule has 0 aliphatic heterocycles. The third-order valence-electron chi connectivity index (χ3n) is 3.12. The van der Waals surface area contributed by atoms with Crippen LogP contribution in [0, 0.1) is 11.7 Å².